The van der Waals surface area contributed by atoms with Crippen LogP contribution in [-0.2, 0) is 9.57 Å². The van der Waals surface area contributed by atoms with Gasteiger partial charge in [0.2, 0.25) is 0 Å². The van der Waals surface area contributed by atoms with Crippen molar-refractivity contribution < 1.29 is 19.2 Å². The molecule has 22 heavy (non-hydrogen) atoms. The Kier molecular flexibility index (Phi) is 8.19. The Bertz CT molecular complexity index is 495. The minimum absolute atomic E-state index is 0.305. The summed E-state index contributed by atoms with van der Waals surface area (Å²) in [6.07, 6.45) is -0.567. The fraction of sp³-hybridized carbons (Fsp3) is 0.500. The Hall–Kier alpha value is -2.08. The van der Waals surface area contributed by atoms with Crippen molar-refractivity contribution in [3.05, 3.63) is 29.8 Å². The molecule has 2 amide bonds. The maximum absolute atomic E-state index is 11.9. The lowest BCUT2D eigenvalue weighted by Gasteiger charge is -2.20. The van der Waals surface area contributed by atoms with Gasteiger partial charge in [0.05, 0.1) is 7.11 Å². The molecule has 6 heteroatoms. The van der Waals surface area contributed by atoms with Crippen LogP contribution in [0.2, 0.25) is 0 Å². The highest BCUT2D eigenvalue weighted by Crippen LogP contribution is 2.14. The maximum atomic E-state index is 11.9. The van der Waals surface area contributed by atoms with E-state index in [1.165, 1.54) is 14.2 Å². The van der Waals surface area contributed by atoms with E-state index in [0.717, 1.165) is 5.06 Å². The number of nitrogens with one attached hydrogen (secondary N) is 1. The average Bonchev–Trinajstić information content (AvgIpc) is 2.46. The third-order valence-electron chi connectivity index (χ3n) is 2.31. The van der Waals surface area contributed by atoms with Crippen LogP contribution < -0.4 is 5.32 Å². The van der Waals surface area contributed by atoms with Crippen molar-refractivity contribution in [1.29, 1.82) is 0 Å². The number of hydroxylamine groups is 2. The summed E-state index contributed by atoms with van der Waals surface area (Å²) in [5, 5.41) is 3.68. The van der Waals surface area contributed by atoms with Gasteiger partial charge in [0.25, 0.3) is 5.91 Å². The first-order chi connectivity index (χ1) is 10.2. The van der Waals surface area contributed by atoms with Crippen molar-refractivity contribution in [1.82, 2.24) is 5.06 Å². The number of ether oxygens (including phenoxy) is 1. The molecule has 0 radical (unpaired) electrons. The molecule has 1 N–H and O–H groups in total. The molecule has 0 atom stereocenters. The van der Waals surface area contributed by atoms with Crippen molar-refractivity contribution in [2.45, 2.75) is 40.2 Å². The minimum Gasteiger partial charge on any atom is -0.444 e. The summed E-state index contributed by atoms with van der Waals surface area (Å²) in [7, 11) is 2.91. The summed E-state index contributed by atoms with van der Waals surface area (Å²) in [6, 6.07) is 6.54. The van der Waals surface area contributed by atoms with Gasteiger partial charge in [-0.15, -0.1) is 0 Å². The first-order valence-electron chi connectivity index (χ1n) is 7.15. The molecule has 0 aromatic heterocycles. The van der Waals surface area contributed by atoms with E-state index in [1.807, 2.05) is 13.8 Å². The van der Waals surface area contributed by atoms with Crippen LogP contribution in [0.1, 0.15) is 45.0 Å². The summed E-state index contributed by atoms with van der Waals surface area (Å²) >= 11 is 0. The quantitative estimate of drug-likeness (QED) is 0.864. The van der Waals surface area contributed by atoms with Gasteiger partial charge in [-0.3, -0.25) is 14.9 Å². The van der Waals surface area contributed by atoms with E-state index < -0.39 is 11.7 Å². The number of carbonyl (C=O) groups excluding carboxylic acids is 2. The lowest BCUT2D eigenvalue weighted by molar-refractivity contribution is -0.0756. The van der Waals surface area contributed by atoms with E-state index in [-0.39, 0.29) is 5.91 Å². The highest BCUT2D eigenvalue weighted by molar-refractivity contribution is 5.95. The van der Waals surface area contributed by atoms with Crippen molar-refractivity contribution in [3.8, 4) is 0 Å². The molecule has 1 rings (SSSR count). The van der Waals surface area contributed by atoms with E-state index in [9.17, 15) is 9.59 Å². The second kappa shape index (κ2) is 9.04. The second-order valence-corrected chi connectivity index (χ2v) is 5.19. The molecule has 0 saturated heterocycles. The highest BCUT2D eigenvalue weighted by Gasteiger charge is 2.17. The minimum atomic E-state index is -0.576. The summed E-state index contributed by atoms with van der Waals surface area (Å²) in [4.78, 5) is 28.4. The molecular formula is C16H26N2O4. The second-order valence-electron chi connectivity index (χ2n) is 5.19. The molecule has 0 saturated carbocycles. The predicted molar refractivity (Wildman–Crippen MR) is 86.7 cm³/mol. The molecule has 1 aromatic carbocycles. The molecule has 0 aliphatic rings. The van der Waals surface area contributed by atoms with Gasteiger partial charge in [0.1, 0.15) is 5.60 Å². The van der Waals surface area contributed by atoms with Gasteiger partial charge in [0.15, 0.2) is 0 Å². The first-order valence-corrected chi connectivity index (χ1v) is 7.15. The van der Waals surface area contributed by atoms with E-state index >= 15 is 0 Å². The molecule has 0 heterocycles. The number of nitrogens with zero attached hydrogens (tertiary/aromatic N) is 1. The number of rotatable bonds is 3. The Morgan fingerprint density at radius 3 is 2.27 bits per heavy atom. The number of hydrogen-bond donors (Lipinski definition) is 1. The zero-order chi connectivity index (χ0) is 17.3. The number of anilines is 1. The fourth-order valence-corrected chi connectivity index (χ4v) is 1.42. The molecule has 6 nitrogen and oxygen atoms in total. The third-order valence-corrected chi connectivity index (χ3v) is 2.31. The van der Waals surface area contributed by atoms with Crippen LogP contribution in [0.5, 0.6) is 0 Å². The van der Waals surface area contributed by atoms with Gasteiger partial charge < -0.3 is 4.74 Å². The monoisotopic (exact) mass is 310 g/mol. The molecule has 0 aliphatic carbocycles. The van der Waals surface area contributed by atoms with E-state index in [4.69, 9.17) is 9.57 Å². The summed E-state index contributed by atoms with van der Waals surface area (Å²) in [6.45, 7) is 9.33. The van der Waals surface area contributed by atoms with Gasteiger partial charge in [0, 0.05) is 18.3 Å². The van der Waals surface area contributed by atoms with Crippen LogP contribution >= 0.6 is 0 Å². The van der Waals surface area contributed by atoms with Crippen molar-refractivity contribution in [3.63, 3.8) is 0 Å². The predicted octanol–water partition coefficient (Wildman–Crippen LogP) is 3.69. The summed E-state index contributed by atoms with van der Waals surface area (Å²) in [5.41, 5.74) is 0.311. The van der Waals surface area contributed by atoms with Gasteiger partial charge >= 0.3 is 6.09 Å². The largest absolute Gasteiger partial charge is 0.444 e. The smallest absolute Gasteiger partial charge is 0.412 e. The molecule has 0 fully saturated rings. The third kappa shape index (κ3) is 7.08. The zero-order valence-corrected chi connectivity index (χ0v) is 14.4. The summed E-state index contributed by atoms with van der Waals surface area (Å²) in [5.74, 6) is -0.305. The van der Waals surface area contributed by atoms with Crippen molar-refractivity contribution >= 4 is 17.7 Å². The number of benzene rings is 1. The molecule has 124 valence electrons. The Labute approximate surface area is 132 Å². The SMILES string of the molecule is CC.CON(C)C(=O)c1cccc(NC(=O)OC(C)(C)C)c1. The van der Waals surface area contributed by atoms with E-state index in [2.05, 4.69) is 5.32 Å². The molecule has 0 aliphatic heterocycles. The number of carbonyl (C=O) groups is 2. The van der Waals surface area contributed by atoms with Crippen molar-refractivity contribution in [2.75, 3.05) is 19.5 Å². The topological polar surface area (TPSA) is 67.9 Å². The Morgan fingerprint density at radius 2 is 1.77 bits per heavy atom. The normalized spacial score (nSPS) is 10.1. The van der Waals surface area contributed by atoms with Gasteiger partial charge in [-0.1, -0.05) is 19.9 Å². The summed E-state index contributed by atoms with van der Waals surface area (Å²) < 4.78 is 5.14. The number of amides is 2. The van der Waals surface area contributed by atoms with Gasteiger partial charge in [-0.25, -0.2) is 9.86 Å². The van der Waals surface area contributed by atoms with Crippen LogP contribution in [0.15, 0.2) is 24.3 Å². The molecule has 0 spiro atoms. The molecular weight excluding hydrogens is 284 g/mol. The lowest BCUT2D eigenvalue weighted by Crippen LogP contribution is -2.27. The van der Waals surface area contributed by atoms with Crippen LogP contribution in [0.3, 0.4) is 0 Å². The van der Waals surface area contributed by atoms with Gasteiger partial charge in [-0.05, 0) is 39.0 Å². The van der Waals surface area contributed by atoms with Crippen molar-refractivity contribution in [2.24, 2.45) is 0 Å². The fourth-order valence-electron chi connectivity index (χ4n) is 1.42. The van der Waals surface area contributed by atoms with E-state index in [1.54, 1.807) is 45.0 Å². The maximum Gasteiger partial charge on any atom is 0.412 e. The van der Waals surface area contributed by atoms with Crippen LogP contribution in [0.4, 0.5) is 10.5 Å². The van der Waals surface area contributed by atoms with Crippen LogP contribution in [0, 0.1) is 0 Å². The standard InChI is InChI=1S/C14H20N2O4.C2H6/c1-14(2,3)20-13(18)15-11-8-6-7-10(9-11)12(17)16(4)19-5;1-2/h6-9H,1-5H3,(H,15,18);1-2H3. The Balaban J connectivity index is 0.00000211. The highest BCUT2D eigenvalue weighted by atomic mass is 16.7. The van der Waals surface area contributed by atoms with Crippen LogP contribution in [-0.4, -0.2) is 36.8 Å². The number of hydrogen-bond acceptors (Lipinski definition) is 4. The Morgan fingerprint density at radius 1 is 1.18 bits per heavy atom. The first kappa shape index (κ1) is 19.9. The molecule has 1 aromatic rings. The zero-order valence-electron chi connectivity index (χ0n) is 14.4. The van der Waals surface area contributed by atoms with Crippen LogP contribution in [0.25, 0.3) is 0 Å². The van der Waals surface area contributed by atoms with E-state index in [0.29, 0.717) is 11.3 Å². The average molecular weight is 310 g/mol. The van der Waals surface area contributed by atoms with Gasteiger partial charge in [-0.2, -0.15) is 0 Å². The molecule has 0 bridgehead atoms. The lowest BCUT2D eigenvalue weighted by atomic mass is 10.2. The molecule has 0 unspecified atom stereocenters.